The van der Waals surface area contributed by atoms with Crippen molar-refractivity contribution in [3.05, 3.63) is 42.1 Å². The van der Waals surface area contributed by atoms with Crippen LogP contribution in [0.25, 0.3) is 10.9 Å². The van der Waals surface area contributed by atoms with E-state index < -0.39 is 0 Å². The molecule has 92 valence electrons. The Balaban J connectivity index is 1.83. The number of benzene rings is 1. The van der Waals surface area contributed by atoms with Gasteiger partial charge in [-0.1, -0.05) is 12.1 Å². The number of piperidine rings is 1. The van der Waals surface area contributed by atoms with Gasteiger partial charge in [-0.25, -0.2) is 0 Å². The van der Waals surface area contributed by atoms with E-state index in [0.717, 1.165) is 36.7 Å². The lowest BCUT2D eigenvalue weighted by Gasteiger charge is -2.21. The Labute approximate surface area is 106 Å². The molecule has 3 nitrogen and oxygen atoms in total. The SMILES string of the molecule is O=C1NCCCC1Cc1ccc2ncccc2c1. The van der Waals surface area contributed by atoms with Gasteiger partial charge in [0.2, 0.25) is 5.91 Å². The Morgan fingerprint density at radius 1 is 1.33 bits per heavy atom. The lowest BCUT2D eigenvalue weighted by atomic mass is 9.91. The minimum absolute atomic E-state index is 0.132. The molecule has 1 fully saturated rings. The molecule has 1 unspecified atom stereocenters. The van der Waals surface area contributed by atoms with Gasteiger partial charge in [-0.15, -0.1) is 0 Å². The molecule has 0 spiro atoms. The van der Waals surface area contributed by atoms with Crippen molar-refractivity contribution in [2.75, 3.05) is 6.54 Å². The van der Waals surface area contributed by atoms with Gasteiger partial charge in [0, 0.05) is 24.0 Å². The highest BCUT2D eigenvalue weighted by Crippen LogP contribution is 2.20. The summed E-state index contributed by atoms with van der Waals surface area (Å²) in [6.07, 6.45) is 4.72. The van der Waals surface area contributed by atoms with Crippen molar-refractivity contribution in [1.82, 2.24) is 10.3 Å². The molecule has 1 saturated heterocycles. The number of carbonyl (C=O) groups excluding carboxylic acids is 1. The van der Waals surface area contributed by atoms with Gasteiger partial charge in [0.15, 0.2) is 0 Å². The molecule has 3 heteroatoms. The number of pyridine rings is 1. The van der Waals surface area contributed by atoms with Crippen LogP contribution in [0.4, 0.5) is 0 Å². The van der Waals surface area contributed by atoms with Gasteiger partial charge in [-0.2, -0.15) is 0 Å². The number of amides is 1. The van der Waals surface area contributed by atoms with Crippen LogP contribution in [0, 0.1) is 5.92 Å². The zero-order chi connectivity index (χ0) is 12.4. The average molecular weight is 240 g/mol. The lowest BCUT2D eigenvalue weighted by molar-refractivity contribution is -0.126. The summed E-state index contributed by atoms with van der Waals surface area (Å²) in [6.45, 7) is 0.830. The summed E-state index contributed by atoms with van der Waals surface area (Å²) in [4.78, 5) is 16.0. The minimum atomic E-state index is 0.132. The van der Waals surface area contributed by atoms with E-state index in [1.807, 2.05) is 12.1 Å². The second kappa shape index (κ2) is 4.77. The Morgan fingerprint density at radius 3 is 3.17 bits per heavy atom. The number of carbonyl (C=O) groups is 1. The molecular weight excluding hydrogens is 224 g/mol. The molecule has 1 atom stereocenters. The van der Waals surface area contributed by atoms with Crippen molar-refractivity contribution in [3.63, 3.8) is 0 Å². The van der Waals surface area contributed by atoms with E-state index in [-0.39, 0.29) is 11.8 Å². The van der Waals surface area contributed by atoms with Gasteiger partial charge >= 0.3 is 0 Å². The molecule has 0 bridgehead atoms. The van der Waals surface area contributed by atoms with Gasteiger partial charge in [-0.3, -0.25) is 9.78 Å². The molecule has 0 saturated carbocycles. The van der Waals surface area contributed by atoms with Crippen LogP contribution in [0.2, 0.25) is 0 Å². The third-order valence-corrected chi connectivity index (χ3v) is 3.55. The fourth-order valence-corrected chi connectivity index (χ4v) is 2.57. The first-order valence-corrected chi connectivity index (χ1v) is 6.44. The van der Waals surface area contributed by atoms with Crippen molar-refractivity contribution in [2.45, 2.75) is 19.3 Å². The van der Waals surface area contributed by atoms with Gasteiger partial charge in [0.25, 0.3) is 0 Å². The maximum absolute atomic E-state index is 11.7. The maximum Gasteiger partial charge on any atom is 0.223 e. The summed E-state index contributed by atoms with van der Waals surface area (Å²) < 4.78 is 0. The van der Waals surface area contributed by atoms with E-state index >= 15 is 0 Å². The molecule has 2 aromatic rings. The van der Waals surface area contributed by atoms with E-state index in [9.17, 15) is 4.79 Å². The highest BCUT2D eigenvalue weighted by molar-refractivity contribution is 5.81. The van der Waals surface area contributed by atoms with Crippen LogP contribution in [-0.4, -0.2) is 17.4 Å². The number of fused-ring (bicyclic) bond motifs is 1. The Kier molecular flexibility index (Phi) is 2.97. The predicted octanol–water partition coefficient (Wildman–Crippen LogP) is 2.30. The van der Waals surface area contributed by atoms with Crippen molar-refractivity contribution >= 4 is 16.8 Å². The molecule has 18 heavy (non-hydrogen) atoms. The van der Waals surface area contributed by atoms with Crippen LogP contribution in [0.5, 0.6) is 0 Å². The minimum Gasteiger partial charge on any atom is -0.356 e. The van der Waals surface area contributed by atoms with Crippen molar-refractivity contribution in [3.8, 4) is 0 Å². The van der Waals surface area contributed by atoms with Crippen LogP contribution < -0.4 is 5.32 Å². The average Bonchev–Trinajstić information content (AvgIpc) is 2.41. The van der Waals surface area contributed by atoms with Crippen LogP contribution in [0.3, 0.4) is 0 Å². The first-order valence-electron chi connectivity index (χ1n) is 6.44. The largest absolute Gasteiger partial charge is 0.356 e. The molecule has 1 amide bonds. The van der Waals surface area contributed by atoms with E-state index in [4.69, 9.17) is 0 Å². The summed E-state index contributed by atoms with van der Waals surface area (Å²) >= 11 is 0. The first-order chi connectivity index (χ1) is 8.83. The predicted molar refractivity (Wildman–Crippen MR) is 71.2 cm³/mol. The molecule has 2 heterocycles. The zero-order valence-corrected chi connectivity index (χ0v) is 10.2. The second-order valence-corrected chi connectivity index (χ2v) is 4.86. The monoisotopic (exact) mass is 240 g/mol. The van der Waals surface area contributed by atoms with E-state index in [0.29, 0.717) is 0 Å². The molecular formula is C15H16N2O. The second-order valence-electron chi connectivity index (χ2n) is 4.86. The van der Waals surface area contributed by atoms with Crippen LogP contribution in [-0.2, 0) is 11.2 Å². The van der Waals surface area contributed by atoms with Crippen molar-refractivity contribution in [2.24, 2.45) is 5.92 Å². The Hall–Kier alpha value is -1.90. The standard InChI is InChI=1S/C15H16N2O/c18-15-13(4-2-8-17-15)10-11-5-6-14-12(9-11)3-1-7-16-14/h1,3,5-7,9,13H,2,4,8,10H2,(H,17,18). The number of nitrogens with zero attached hydrogens (tertiary/aromatic N) is 1. The van der Waals surface area contributed by atoms with Crippen LogP contribution in [0.1, 0.15) is 18.4 Å². The van der Waals surface area contributed by atoms with Gasteiger partial charge in [-0.05, 0) is 43.0 Å². The third kappa shape index (κ3) is 2.21. The Morgan fingerprint density at radius 2 is 2.28 bits per heavy atom. The Bertz CT molecular complexity index is 579. The molecule has 3 rings (SSSR count). The van der Waals surface area contributed by atoms with Gasteiger partial charge in [0.05, 0.1) is 5.52 Å². The number of hydrogen-bond acceptors (Lipinski definition) is 2. The number of nitrogens with one attached hydrogen (secondary N) is 1. The number of aromatic nitrogens is 1. The fourth-order valence-electron chi connectivity index (χ4n) is 2.57. The van der Waals surface area contributed by atoms with Crippen LogP contribution >= 0.6 is 0 Å². The summed E-state index contributed by atoms with van der Waals surface area (Å²) in [5.74, 6) is 0.334. The molecule has 1 aromatic carbocycles. The summed E-state index contributed by atoms with van der Waals surface area (Å²) in [5, 5.41) is 4.08. The topological polar surface area (TPSA) is 42.0 Å². The van der Waals surface area contributed by atoms with Crippen LogP contribution in [0.15, 0.2) is 36.5 Å². The first kappa shape index (κ1) is 11.2. The summed E-state index contributed by atoms with van der Waals surface area (Å²) in [5.41, 5.74) is 2.23. The maximum atomic E-state index is 11.7. The highest BCUT2D eigenvalue weighted by atomic mass is 16.1. The lowest BCUT2D eigenvalue weighted by Crippen LogP contribution is -2.37. The third-order valence-electron chi connectivity index (χ3n) is 3.55. The van der Waals surface area contributed by atoms with E-state index in [1.165, 1.54) is 5.56 Å². The summed E-state index contributed by atoms with van der Waals surface area (Å²) in [6, 6.07) is 10.3. The number of hydrogen-bond donors (Lipinski definition) is 1. The van der Waals surface area contributed by atoms with Crippen molar-refractivity contribution < 1.29 is 4.79 Å². The smallest absolute Gasteiger partial charge is 0.223 e. The van der Waals surface area contributed by atoms with Gasteiger partial charge < -0.3 is 5.32 Å². The molecule has 1 N–H and O–H groups in total. The van der Waals surface area contributed by atoms with E-state index in [1.54, 1.807) is 6.20 Å². The molecule has 1 aliphatic heterocycles. The van der Waals surface area contributed by atoms with Gasteiger partial charge in [0.1, 0.15) is 0 Å². The zero-order valence-electron chi connectivity index (χ0n) is 10.2. The van der Waals surface area contributed by atoms with E-state index in [2.05, 4.69) is 28.5 Å². The quantitative estimate of drug-likeness (QED) is 0.875. The van der Waals surface area contributed by atoms with Crippen molar-refractivity contribution in [1.29, 1.82) is 0 Å². The molecule has 1 aromatic heterocycles. The molecule has 0 aliphatic carbocycles. The molecule has 1 aliphatic rings. The summed E-state index contributed by atoms with van der Waals surface area (Å²) in [7, 11) is 0. The normalized spacial score (nSPS) is 19.8. The number of rotatable bonds is 2. The highest BCUT2D eigenvalue weighted by Gasteiger charge is 2.21. The fraction of sp³-hybridized carbons (Fsp3) is 0.333. The molecule has 0 radical (unpaired) electrons.